The molecule has 3 N–H and O–H groups in total. The van der Waals surface area contributed by atoms with Crippen LogP contribution >= 0.6 is 0 Å². The van der Waals surface area contributed by atoms with E-state index in [0.717, 1.165) is 25.9 Å². The summed E-state index contributed by atoms with van der Waals surface area (Å²) >= 11 is 0. The van der Waals surface area contributed by atoms with Gasteiger partial charge >= 0.3 is 16.4 Å². The van der Waals surface area contributed by atoms with Crippen LogP contribution < -0.4 is 10.6 Å². The van der Waals surface area contributed by atoms with E-state index in [1.54, 1.807) is 0 Å². The van der Waals surface area contributed by atoms with Gasteiger partial charge in [-0.1, -0.05) is 0 Å². The maximum Gasteiger partial charge on any atom is 0.418 e. The second-order valence-electron chi connectivity index (χ2n) is 6.04. The third-order valence-electron chi connectivity index (χ3n) is 4.49. The molecule has 3 fully saturated rings. The quantitative estimate of drug-likeness (QED) is 0.548. The molecular formula is C12H20N4O6S. The largest absolute Gasteiger partial charge is 0.418 e. The molecule has 23 heavy (non-hydrogen) atoms. The predicted octanol–water partition coefficient (Wildman–Crippen LogP) is -1.14. The van der Waals surface area contributed by atoms with Crippen LogP contribution in [0.2, 0.25) is 0 Å². The molecule has 2 bridgehead atoms. The van der Waals surface area contributed by atoms with Crippen LogP contribution in [0.15, 0.2) is 0 Å². The highest BCUT2D eigenvalue weighted by Crippen LogP contribution is 2.30. The Kier molecular flexibility index (Phi) is 4.45. The Morgan fingerprint density at radius 3 is 2.61 bits per heavy atom. The highest BCUT2D eigenvalue weighted by molar-refractivity contribution is 7.80. The number of urea groups is 1. The molecule has 3 aliphatic rings. The molecule has 3 amide bonds. The fraction of sp³-hybridized carbons (Fsp3) is 0.833. The highest BCUT2D eigenvalue weighted by atomic mass is 32.3. The Labute approximate surface area is 134 Å². The molecule has 2 atom stereocenters. The van der Waals surface area contributed by atoms with Crippen molar-refractivity contribution in [3.63, 3.8) is 0 Å². The second-order valence-corrected chi connectivity index (χ2v) is 7.05. The molecule has 0 aromatic rings. The first-order valence-electron chi connectivity index (χ1n) is 7.63. The summed E-state index contributed by atoms with van der Waals surface area (Å²) in [6.45, 7) is 1.89. The van der Waals surface area contributed by atoms with Crippen molar-refractivity contribution in [1.29, 1.82) is 0 Å². The molecule has 0 aromatic carbocycles. The van der Waals surface area contributed by atoms with E-state index >= 15 is 0 Å². The van der Waals surface area contributed by atoms with Crippen molar-refractivity contribution in [1.82, 2.24) is 20.6 Å². The molecule has 0 aromatic heterocycles. The lowest BCUT2D eigenvalue weighted by Crippen LogP contribution is -2.53. The molecule has 3 aliphatic heterocycles. The van der Waals surface area contributed by atoms with Crippen molar-refractivity contribution < 1.29 is 26.8 Å². The number of carbonyl (C=O) groups is 2. The third-order valence-corrected chi connectivity index (χ3v) is 4.83. The molecule has 0 saturated carbocycles. The highest BCUT2D eigenvalue weighted by Gasteiger charge is 2.49. The van der Waals surface area contributed by atoms with Crippen LogP contribution in [-0.4, -0.2) is 72.6 Å². The van der Waals surface area contributed by atoms with E-state index in [0.29, 0.717) is 17.9 Å². The predicted molar refractivity (Wildman–Crippen MR) is 77.4 cm³/mol. The summed E-state index contributed by atoms with van der Waals surface area (Å²) in [6.07, 6.45) is 2.54. The minimum atomic E-state index is -4.77. The molecule has 3 heterocycles. The summed E-state index contributed by atoms with van der Waals surface area (Å²) in [5.74, 6) is -0.225. The van der Waals surface area contributed by atoms with Gasteiger partial charge in [-0.05, 0) is 38.8 Å². The van der Waals surface area contributed by atoms with E-state index in [1.165, 1.54) is 4.90 Å². The number of nitrogens with zero attached hydrogens (tertiary/aromatic N) is 2. The maximum atomic E-state index is 12.4. The smallest absolute Gasteiger partial charge is 0.351 e. The summed E-state index contributed by atoms with van der Waals surface area (Å²) in [5, 5.41) is 6.81. The van der Waals surface area contributed by atoms with Gasteiger partial charge in [-0.25, -0.2) is 4.79 Å². The number of nitrogens with one attached hydrogen (secondary N) is 2. The van der Waals surface area contributed by atoms with Gasteiger partial charge in [-0.3, -0.25) is 9.35 Å². The summed E-state index contributed by atoms with van der Waals surface area (Å²) < 4.78 is 34.8. The zero-order valence-corrected chi connectivity index (χ0v) is 13.3. The zero-order valence-electron chi connectivity index (χ0n) is 12.5. The molecule has 3 saturated heterocycles. The fourth-order valence-electron chi connectivity index (χ4n) is 3.37. The Hall–Kier alpha value is -1.43. The van der Waals surface area contributed by atoms with E-state index in [1.807, 2.05) is 0 Å². The lowest BCUT2D eigenvalue weighted by molar-refractivity contribution is -0.127. The van der Waals surface area contributed by atoms with Gasteiger partial charge in [0, 0.05) is 12.6 Å². The van der Waals surface area contributed by atoms with Crippen molar-refractivity contribution in [2.24, 2.45) is 0 Å². The van der Waals surface area contributed by atoms with E-state index in [2.05, 4.69) is 14.9 Å². The Balaban J connectivity index is 1.64. The van der Waals surface area contributed by atoms with Crippen LogP contribution in [0.1, 0.15) is 25.7 Å². The van der Waals surface area contributed by atoms with E-state index in [9.17, 15) is 18.0 Å². The topological polar surface area (TPSA) is 128 Å². The normalized spacial score (nSPS) is 29.0. The molecule has 3 rings (SSSR count). The van der Waals surface area contributed by atoms with Gasteiger partial charge in [0.2, 0.25) is 5.91 Å². The Morgan fingerprint density at radius 2 is 1.96 bits per heavy atom. The Morgan fingerprint density at radius 1 is 1.26 bits per heavy atom. The number of rotatable bonds is 4. The number of hydrogen-bond donors (Lipinski definition) is 3. The summed E-state index contributed by atoms with van der Waals surface area (Å²) in [6, 6.07) is -1.74. The Bertz CT molecular complexity index is 590. The van der Waals surface area contributed by atoms with E-state index in [-0.39, 0.29) is 18.5 Å². The molecule has 11 heteroatoms. The van der Waals surface area contributed by atoms with Crippen LogP contribution in [0.5, 0.6) is 0 Å². The number of hydrogen-bond acceptors (Lipinski definition) is 6. The summed E-state index contributed by atoms with van der Waals surface area (Å²) in [5.41, 5.74) is 0. The number of fused-ring (bicyclic) bond motifs is 2. The van der Waals surface area contributed by atoms with Gasteiger partial charge in [0.25, 0.3) is 0 Å². The summed E-state index contributed by atoms with van der Waals surface area (Å²) in [4.78, 5) is 26.0. The first kappa shape index (κ1) is 16.4. The lowest BCUT2D eigenvalue weighted by atomic mass is 9.99. The van der Waals surface area contributed by atoms with Gasteiger partial charge in [0.1, 0.15) is 6.04 Å². The average molecular weight is 348 g/mol. The third kappa shape index (κ3) is 3.57. The first-order chi connectivity index (χ1) is 10.8. The van der Waals surface area contributed by atoms with Crippen molar-refractivity contribution >= 4 is 22.3 Å². The van der Waals surface area contributed by atoms with Crippen molar-refractivity contribution in [3.05, 3.63) is 0 Å². The van der Waals surface area contributed by atoms with Crippen LogP contribution in [0.25, 0.3) is 0 Å². The SMILES string of the molecule is O=C(NC1CCNCC1)[C@@H]1CC[C@H]2CN1C(=O)N2OS(=O)(=O)O. The molecule has 0 unspecified atom stereocenters. The summed E-state index contributed by atoms with van der Waals surface area (Å²) in [7, 11) is -4.77. The number of amides is 3. The van der Waals surface area contributed by atoms with Crippen LogP contribution in [0.3, 0.4) is 0 Å². The molecule has 10 nitrogen and oxygen atoms in total. The maximum absolute atomic E-state index is 12.4. The molecule has 0 radical (unpaired) electrons. The van der Waals surface area contributed by atoms with Gasteiger partial charge in [-0.2, -0.15) is 13.5 Å². The lowest BCUT2D eigenvalue weighted by Gasteiger charge is -2.32. The molecular weight excluding hydrogens is 328 g/mol. The minimum absolute atomic E-state index is 0.0874. The van der Waals surface area contributed by atoms with Gasteiger partial charge < -0.3 is 15.5 Å². The van der Waals surface area contributed by atoms with Crippen LogP contribution in [-0.2, 0) is 19.5 Å². The van der Waals surface area contributed by atoms with Gasteiger partial charge in [0.05, 0.1) is 6.04 Å². The van der Waals surface area contributed by atoms with Crippen molar-refractivity contribution in [2.75, 3.05) is 19.6 Å². The van der Waals surface area contributed by atoms with E-state index < -0.39 is 28.5 Å². The first-order valence-corrected chi connectivity index (χ1v) is 8.99. The number of piperidine rings is 2. The minimum Gasteiger partial charge on any atom is -0.351 e. The van der Waals surface area contributed by atoms with Gasteiger partial charge in [-0.15, -0.1) is 4.28 Å². The average Bonchev–Trinajstić information content (AvgIpc) is 2.72. The van der Waals surface area contributed by atoms with Crippen LogP contribution in [0.4, 0.5) is 4.79 Å². The van der Waals surface area contributed by atoms with Crippen molar-refractivity contribution in [3.8, 4) is 0 Å². The second kappa shape index (κ2) is 6.23. The number of carbonyl (C=O) groups excluding carboxylic acids is 2. The van der Waals surface area contributed by atoms with Crippen LogP contribution in [0, 0.1) is 0 Å². The fourth-order valence-corrected chi connectivity index (χ4v) is 3.76. The van der Waals surface area contributed by atoms with Gasteiger partial charge in [0.15, 0.2) is 0 Å². The number of hydroxylamine groups is 2. The zero-order chi connectivity index (χ0) is 16.6. The van der Waals surface area contributed by atoms with Crippen molar-refractivity contribution in [2.45, 2.75) is 43.8 Å². The molecule has 0 spiro atoms. The molecule has 130 valence electrons. The molecule has 0 aliphatic carbocycles. The monoisotopic (exact) mass is 348 g/mol. The van der Waals surface area contributed by atoms with E-state index in [4.69, 9.17) is 4.55 Å². The standard InChI is InChI=1S/C12H20N4O6S/c17-11(14-8-3-5-13-6-4-8)10-2-1-9-7-15(10)12(18)16(9)22-23(19,20)21/h8-10,13H,1-7H2,(H,14,17)(H,19,20,21)/t9-,10-/m0/s1.